The number of Topliss-reactive ketones (excluding diaryl/α,β-unsaturated/α-hetero) is 1. The number of carbonyl (C=O) groups excluding carboxylic acids is 1. The van der Waals surface area contributed by atoms with E-state index in [2.05, 4.69) is 0 Å². The lowest BCUT2D eigenvalue weighted by Gasteiger charge is -2.03. The van der Waals surface area contributed by atoms with E-state index in [1.165, 1.54) is 23.5 Å². The summed E-state index contributed by atoms with van der Waals surface area (Å²) in [5.41, 5.74) is 1.36. The molecule has 0 N–H and O–H groups in total. The van der Waals surface area contributed by atoms with E-state index in [1.54, 1.807) is 6.07 Å². The average molecular weight is 283 g/mol. The number of benzene rings is 1. The molecule has 0 bridgehead atoms. The van der Waals surface area contributed by atoms with Gasteiger partial charge >= 0.3 is 0 Å². The van der Waals surface area contributed by atoms with Crippen LogP contribution in [0.25, 0.3) is 0 Å². The van der Waals surface area contributed by atoms with Gasteiger partial charge in [-0.2, -0.15) is 0 Å². The van der Waals surface area contributed by atoms with Gasteiger partial charge in [0.05, 0.1) is 4.88 Å². The van der Waals surface area contributed by atoms with Gasteiger partial charge in [-0.25, -0.2) is 4.39 Å². The zero-order valence-electron chi connectivity index (χ0n) is 10.1. The number of hydrogen-bond donors (Lipinski definition) is 0. The maximum Gasteiger partial charge on any atom is 0.177 e. The molecule has 0 atom stereocenters. The second-order valence-corrected chi connectivity index (χ2v) is 5.81. The van der Waals surface area contributed by atoms with Gasteiger partial charge in [0.15, 0.2) is 5.78 Å². The Morgan fingerprint density at radius 3 is 2.67 bits per heavy atom. The van der Waals surface area contributed by atoms with Crippen molar-refractivity contribution < 1.29 is 9.18 Å². The van der Waals surface area contributed by atoms with Crippen molar-refractivity contribution in [2.24, 2.45) is 0 Å². The maximum absolute atomic E-state index is 13.6. The number of ketones is 1. The third-order valence-electron chi connectivity index (χ3n) is 2.84. The predicted octanol–water partition coefficient (Wildman–Crippen LogP) is 4.58. The lowest BCUT2D eigenvalue weighted by molar-refractivity contribution is 0.0995. The van der Waals surface area contributed by atoms with Gasteiger partial charge in [-0.3, -0.25) is 4.79 Å². The van der Waals surface area contributed by atoms with Crippen molar-refractivity contribution in [1.82, 2.24) is 0 Å². The maximum atomic E-state index is 13.6. The molecule has 1 aromatic carbocycles. The van der Waals surface area contributed by atoms with E-state index in [0.717, 1.165) is 10.4 Å². The van der Waals surface area contributed by atoms with Crippen molar-refractivity contribution in [3.63, 3.8) is 0 Å². The molecule has 0 amide bonds. The first-order valence-electron chi connectivity index (χ1n) is 5.52. The van der Waals surface area contributed by atoms with Gasteiger partial charge in [-0.1, -0.05) is 17.7 Å². The van der Waals surface area contributed by atoms with Crippen LogP contribution in [0.1, 0.15) is 25.7 Å². The molecule has 0 spiro atoms. The molecular weight excluding hydrogens is 271 g/mol. The number of carbonyl (C=O) groups is 1. The molecule has 0 saturated carbocycles. The summed E-state index contributed by atoms with van der Waals surface area (Å²) in [6.07, 6.45) is 0.00486. The van der Waals surface area contributed by atoms with E-state index >= 15 is 0 Å². The van der Waals surface area contributed by atoms with Crippen LogP contribution < -0.4 is 0 Å². The summed E-state index contributed by atoms with van der Waals surface area (Å²) in [5, 5.41) is 0.299. The van der Waals surface area contributed by atoms with Gasteiger partial charge in [0.2, 0.25) is 0 Å². The Morgan fingerprint density at radius 2 is 2.11 bits per heavy atom. The Morgan fingerprint density at radius 1 is 1.39 bits per heavy atom. The second kappa shape index (κ2) is 5.21. The lowest BCUT2D eigenvalue weighted by atomic mass is 10.1. The molecule has 2 aromatic rings. The smallest absolute Gasteiger partial charge is 0.177 e. The molecule has 0 saturated heterocycles. The third-order valence-corrected chi connectivity index (χ3v) is 4.39. The minimum atomic E-state index is -0.430. The van der Waals surface area contributed by atoms with E-state index < -0.39 is 5.82 Å². The van der Waals surface area contributed by atoms with Crippen molar-refractivity contribution in [3.8, 4) is 0 Å². The number of hydrogen-bond acceptors (Lipinski definition) is 2. The highest BCUT2D eigenvalue weighted by molar-refractivity contribution is 7.14. The van der Waals surface area contributed by atoms with Crippen molar-refractivity contribution in [3.05, 3.63) is 56.0 Å². The Kier molecular flexibility index (Phi) is 3.83. The van der Waals surface area contributed by atoms with Crippen LogP contribution in [0.4, 0.5) is 4.39 Å². The van der Waals surface area contributed by atoms with Gasteiger partial charge in [0.25, 0.3) is 0 Å². The van der Waals surface area contributed by atoms with Crippen molar-refractivity contribution in [2.75, 3.05) is 0 Å². The Bertz CT molecular complexity index is 564. The van der Waals surface area contributed by atoms with Gasteiger partial charge in [-0.05, 0) is 37.6 Å². The lowest BCUT2D eigenvalue weighted by Crippen LogP contribution is -2.04. The molecule has 1 heterocycles. The fourth-order valence-corrected chi connectivity index (χ4v) is 2.86. The highest BCUT2D eigenvalue weighted by atomic mass is 35.5. The summed E-state index contributed by atoms with van der Waals surface area (Å²) in [4.78, 5) is 13.8. The minimum Gasteiger partial charge on any atom is -0.293 e. The van der Waals surface area contributed by atoms with Crippen molar-refractivity contribution in [2.45, 2.75) is 20.3 Å². The Balaban J connectivity index is 2.27. The van der Waals surface area contributed by atoms with E-state index in [-0.39, 0.29) is 17.8 Å². The molecule has 0 aliphatic carbocycles. The molecule has 4 heteroatoms. The molecule has 0 radical (unpaired) electrons. The first-order chi connectivity index (χ1) is 8.49. The van der Waals surface area contributed by atoms with Crippen LogP contribution in [-0.4, -0.2) is 5.78 Å². The summed E-state index contributed by atoms with van der Waals surface area (Å²) in [6, 6.07) is 6.29. The van der Waals surface area contributed by atoms with Gasteiger partial charge in [-0.15, -0.1) is 11.3 Å². The number of halogens is 2. The number of thiophene rings is 1. The van der Waals surface area contributed by atoms with Crippen LogP contribution >= 0.6 is 22.9 Å². The molecule has 0 aliphatic rings. The number of rotatable bonds is 3. The third kappa shape index (κ3) is 2.62. The van der Waals surface area contributed by atoms with Crippen LogP contribution in [0.15, 0.2) is 24.3 Å². The van der Waals surface area contributed by atoms with E-state index in [9.17, 15) is 9.18 Å². The van der Waals surface area contributed by atoms with E-state index in [4.69, 9.17) is 11.6 Å². The predicted molar refractivity (Wildman–Crippen MR) is 73.2 cm³/mol. The van der Waals surface area contributed by atoms with Crippen LogP contribution in [0.2, 0.25) is 5.02 Å². The van der Waals surface area contributed by atoms with E-state index in [1.807, 2.05) is 19.9 Å². The summed E-state index contributed by atoms with van der Waals surface area (Å²) >= 11 is 7.35. The second-order valence-electron chi connectivity index (χ2n) is 4.15. The monoisotopic (exact) mass is 282 g/mol. The fourth-order valence-electron chi connectivity index (χ4n) is 1.66. The zero-order chi connectivity index (χ0) is 13.3. The topological polar surface area (TPSA) is 17.1 Å². The van der Waals surface area contributed by atoms with Crippen LogP contribution in [0.5, 0.6) is 0 Å². The highest BCUT2D eigenvalue weighted by Crippen LogP contribution is 2.25. The molecule has 1 aromatic heterocycles. The largest absolute Gasteiger partial charge is 0.293 e. The average Bonchev–Trinajstić information content (AvgIpc) is 2.64. The zero-order valence-corrected chi connectivity index (χ0v) is 11.7. The summed E-state index contributed by atoms with van der Waals surface area (Å²) < 4.78 is 13.6. The van der Waals surface area contributed by atoms with Gasteiger partial charge in [0, 0.05) is 21.9 Å². The van der Waals surface area contributed by atoms with Gasteiger partial charge < -0.3 is 0 Å². The molecule has 0 unspecified atom stereocenters. The Hall–Kier alpha value is -1.19. The first kappa shape index (κ1) is 13.2. The van der Waals surface area contributed by atoms with Crippen molar-refractivity contribution >= 4 is 28.7 Å². The summed E-state index contributed by atoms with van der Waals surface area (Å²) in [5.74, 6) is -0.524. The summed E-state index contributed by atoms with van der Waals surface area (Å²) in [6.45, 7) is 3.92. The minimum absolute atomic E-state index is 0.00486. The van der Waals surface area contributed by atoms with E-state index in [0.29, 0.717) is 9.90 Å². The SMILES string of the molecule is Cc1cc(C(=O)Cc2c(F)cccc2Cl)sc1C. The van der Waals surface area contributed by atoms with Gasteiger partial charge in [0.1, 0.15) is 5.82 Å². The van der Waals surface area contributed by atoms with Crippen molar-refractivity contribution in [1.29, 1.82) is 0 Å². The van der Waals surface area contributed by atoms with Crippen LogP contribution in [0, 0.1) is 19.7 Å². The summed E-state index contributed by atoms with van der Waals surface area (Å²) in [7, 11) is 0. The molecular formula is C14H12ClFOS. The standard InChI is InChI=1S/C14H12ClFOS/c1-8-6-14(18-9(8)2)13(17)7-10-11(15)4-3-5-12(10)16/h3-6H,7H2,1-2H3. The Labute approximate surface area is 114 Å². The molecule has 18 heavy (non-hydrogen) atoms. The number of aryl methyl sites for hydroxylation is 2. The first-order valence-corrected chi connectivity index (χ1v) is 6.71. The molecule has 1 nitrogen and oxygen atoms in total. The fraction of sp³-hybridized carbons (Fsp3) is 0.214. The molecule has 94 valence electrons. The molecule has 0 aliphatic heterocycles. The van der Waals surface area contributed by atoms with Crippen LogP contribution in [0.3, 0.4) is 0 Å². The highest BCUT2D eigenvalue weighted by Gasteiger charge is 2.15. The van der Waals surface area contributed by atoms with Crippen LogP contribution in [-0.2, 0) is 6.42 Å². The molecule has 2 rings (SSSR count). The quantitative estimate of drug-likeness (QED) is 0.753. The normalized spacial score (nSPS) is 10.7. The molecule has 0 fully saturated rings.